The summed E-state index contributed by atoms with van der Waals surface area (Å²) in [7, 11) is 0. The normalized spacial score (nSPS) is 16.0. The SMILES string of the molecule is Nc1nc2ccccc2n1CC(O)C1CCCN(c2ccc(=O)n(Cc3cccc(C=O)c3)n2)C1.[K+].[OH-]. The minimum atomic E-state index is -0.602. The molecule has 0 amide bonds. The largest absolute Gasteiger partial charge is 1.00 e. The molecule has 1 aliphatic rings. The number of fused-ring (bicyclic) bond motifs is 1. The zero-order valence-corrected chi connectivity index (χ0v) is 23.9. The van der Waals surface area contributed by atoms with Gasteiger partial charge in [0.25, 0.3) is 5.56 Å². The fraction of sp³-hybridized carbons (Fsp3) is 0.308. The third-order valence-corrected chi connectivity index (χ3v) is 6.65. The first-order valence-electron chi connectivity index (χ1n) is 11.8. The van der Waals surface area contributed by atoms with Gasteiger partial charge in [0.2, 0.25) is 5.95 Å². The summed E-state index contributed by atoms with van der Waals surface area (Å²) in [4.78, 5) is 30.0. The smallest absolute Gasteiger partial charge is 0.870 e. The first-order chi connectivity index (χ1) is 17.0. The van der Waals surface area contributed by atoms with E-state index in [1.54, 1.807) is 24.3 Å². The topological polar surface area (TPSA) is 149 Å². The van der Waals surface area contributed by atoms with Crippen molar-refractivity contribution < 1.29 is 66.8 Å². The van der Waals surface area contributed by atoms with Gasteiger partial charge in [-0.25, -0.2) is 9.67 Å². The van der Waals surface area contributed by atoms with Crippen LogP contribution in [0, 0.1) is 5.92 Å². The average molecular weight is 529 g/mol. The number of aromatic nitrogens is 4. The van der Waals surface area contributed by atoms with Gasteiger partial charge in [-0.15, -0.1) is 0 Å². The van der Waals surface area contributed by atoms with Crippen molar-refractivity contribution in [1.82, 2.24) is 19.3 Å². The maximum absolute atomic E-state index is 12.5. The Morgan fingerprint density at radius 1 is 1.14 bits per heavy atom. The molecule has 188 valence electrons. The molecule has 0 aliphatic carbocycles. The molecular formula is C26H29KN6O4. The number of nitrogens with zero attached hydrogens (tertiary/aromatic N) is 5. The standard InChI is InChI=1S/C26H28N6O3.K.H2O/c27-26-28-21-8-1-2-9-22(21)31(26)16-23(34)20-7-4-12-30(15-20)24-10-11-25(35)32(29-24)14-18-5-3-6-19(13-18)17-33;;/h1-3,5-6,8-11,13,17,20,23,34H,4,7,12,14-16H2,(H2,27,28);;1H2/q;+1;/p-1. The number of para-hydroxylation sites is 2. The molecule has 5 rings (SSSR count). The maximum Gasteiger partial charge on any atom is 1.00 e. The number of carbonyl (C=O) groups excluding carboxylic acids is 1. The number of nitrogen functional groups attached to an aromatic ring is 1. The molecule has 0 bridgehead atoms. The van der Waals surface area contributed by atoms with Gasteiger partial charge in [0.05, 0.1) is 30.2 Å². The van der Waals surface area contributed by atoms with Gasteiger partial charge < -0.3 is 25.8 Å². The maximum atomic E-state index is 12.5. The molecule has 2 unspecified atom stereocenters. The molecule has 4 N–H and O–H groups in total. The van der Waals surface area contributed by atoms with Crippen molar-refractivity contribution in [1.29, 1.82) is 0 Å². The Hall–Kier alpha value is -2.38. The molecule has 0 radical (unpaired) electrons. The van der Waals surface area contributed by atoms with Gasteiger partial charge in [0.15, 0.2) is 0 Å². The van der Waals surface area contributed by atoms with Crippen molar-refractivity contribution in [3.8, 4) is 0 Å². The van der Waals surface area contributed by atoms with Crippen LogP contribution in [0.2, 0.25) is 0 Å². The van der Waals surface area contributed by atoms with Gasteiger partial charge in [-0.2, -0.15) is 5.10 Å². The summed E-state index contributed by atoms with van der Waals surface area (Å²) in [6.45, 7) is 2.07. The number of hydrogen-bond acceptors (Lipinski definition) is 8. The zero-order chi connectivity index (χ0) is 24.4. The van der Waals surface area contributed by atoms with E-state index in [2.05, 4.69) is 15.0 Å². The number of benzene rings is 2. The number of anilines is 2. The first kappa shape index (κ1) is 29.2. The minimum absolute atomic E-state index is 0. The van der Waals surface area contributed by atoms with Crippen LogP contribution in [0.15, 0.2) is 65.5 Å². The van der Waals surface area contributed by atoms with Crippen molar-refractivity contribution >= 4 is 29.1 Å². The second kappa shape index (κ2) is 12.9. The molecule has 3 heterocycles. The fourth-order valence-electron chi connectivity index (χ4n) is 4.81. The molecule has 37 heavy (non-hydrogen) atoms. The Morgan fingerprint density at radius 2 is 1.95 bits per heavy atom. The summed E-state index contributed by atoms with van der Waals surface area (Å²) in [6.07, 6.45) is 1.98. The van der Waals surface area contributed by atoms with Gasteiger partial charge in [0.1, 0.15) is 12.1 Å². The Labute approximate surface area is 256 Å². The molecule has 0 saturated carbocycles. The molecule has 11 heteroatoms. The molecule has 1 aliphatic heterocycles. The molecule has 2 aromatic heterocycles. The third-order valence-electron chi connectivity index (χ3n) is 6.65. The number of aliphatic hydroxyl groups is 1. The summed E-state index contributed by atoms with van der Waals surface area (Å²) < 4.78 is 3.28. The van der Waals surface area contributed by atoms with Crippen LogP contribution >= 0.6 is 0 Å². The van der Waals surface area contributed by atoms with Crippen LogP contribution in [-0.4, -0.2) is 55.4 Å². The van der Waals surface area contributed by atoms with Crippen molar-refractivity contribution in [2.24, 2.45) is 5.92 Å². The molecule has 10 nitrogen and oxygen atoms in total. The molecule has 2 aromatic carbocycles. The van der Waals surface area contributed by atoms with Crippen molar-refractivity contribution in [3.05, 3.63) is 82.1 Å². The first-order valence-corrected chi connectivity index (χ1v) is 11.8. The van der Waals surface area contributed by atoms with E-state index >= 15 is 0 Å². The number of hydrogen-bond donors (Lipinski definition) is 2. The van der Waals surface area contributed by atoms with E-state index in [1.165, 1.54) is 10.7 Å². The molecule has 2 atom stereocenters. The van der Waals surface area contributed by atoms with Crippen LogP contribution in [0.25, 0.3) is 11.0 Å². The summed E-state index contributed by atoms with van der Waals surface area (Å²) >= 11 is 0. The van der Waals surface area contributed by atoms with Crippen LogP contribution in [-0.2, 0) is 13.1 Å². The van der Waals surface area contributed by atoms with Crippen LogP contribution in [0.5, 0.6) is 0 Å². The van der Waals surface area contributed by atoms with E-state index in [-0.39, 0.29) is 74.9 Å². The van der Waals surface area contributed by atoms with Crippen LogP contribution in [0.1, 0.15) is 28.8 Å². The van der Waals surface area contributed by atoms with E-state index in [1.807, 2.05) is 34.9 Å². The molecule has 1 fully saturated rings. The van der Waals surface area contributed by atoms with Gasteiger partial charge in [0, 0.05) is 30.6 Å². The predicted molar refractivity (Wildman–Crippen MR) is 136 cm³/mol. The van der Waals surface area contributed by atoms with Crippen molar-refractivity contribution in [3.63, 3.8) is 0 Å². The number of imidazole rings is 1. The van der Waals surface area contributed by atoms with Crippen LogP contribution < -0.4 is 67.6 Å². The van der Waals surface area contributed by atoms with Gasteiger partial charge in [-0.05, 0) is 42.7 Å². The second-order valence-electron chi connectivity index (χ2n) is 9.04. The Kier molecular flexibility index (Phi) is 10.2. The molecule has 1 saturated heterocycles. The van der Waals surface area contributed by atoms with E-state index < -0.39 is 6.10 Å². The number of piperidine rings is 1. The number of aldehydes is 1. The van der Waals surface area contributed by atoms with Crippen molar-refractivity contribution in [2.75, 3.05) is 23.7 Å². The Bertz CT molecular complexity index is 1420. The van der Waals surface area contributed by atoms with Gasteiger partial charge in [-0.1, -0.05) is 30.3 Å². The van der Waals surface area contributed by atoms with Crippen molar-refractivity contribution in [2.45, 2.75) is 32.0 Å². The van der Waals surface area contributed by atoms with Gasteiger partial charge >= 0.3 is 51.4 Å². The monoisotopic (exact) mass is 528 g/mol. The molecule has 0 spiro atoms. The van der Waals surface area contributed by atoms with E-state index in [0.717, 1.165) is 42.3 Å². The van der Waals surface area contributed by atoms with E-state index in [0.29, 0.717) is 30.4 Å². The van der Waals surface area contributed by atoms with Gasteiger partial charge in [-0.3, -0.25) is 9.59 Å². The molecule has 4 aromatic rings. The summed E-state index contributed by atoms with van der Waals surface area (Å²) in [6, 6.07) is 18.1. The van der Waals surface area contributed by atoms with Crippen LogP contribution in [0.4, 0.5) is 11.8 Å². The predicted octanol–water partition coefficient (Wildman–Crippen LogP) is -0.859. The van der Waals surface area contributed by atoms with E-state index in [9.17, 15) is 14.7 Å². The van der Waals surface area contributed by atoms with Crippen LogP contribution in [0.3, 0.4) is 0 Å². The Morgan fingerprint density at radius 3 is 2.76 bits per heavy atom. The average Bonchev–Trinajstić information content (AvgIpc) is 3.20. The van der Waals surface area contributed by atoms with E-state index in [4.69, 9.17) is 5.73 Å². The number of carbonyl (C=O) groups is 1. The summed E-state index contributed by atoms with van der Waals surface area (Å²) in [5, 5.41) is 15.7. The minimum Gasteiger partial charge on any atom is -0.870 e. The quantitative estimate of drug-likeness (QED) is 0.233. The summed E-state index contributed by atoms with van der Waals surface area (Å²) in [5.74, 6) is 1.11. The fourth-order valence-corrected chi connectivity index (χ4v) is 4.81. The number of rotatable bonds is 7. The zero-order valence-electron chi connectivity index (χ0n) is 20.8. The third kappa shape index (κ3) is 6.55. The second-order valence-corrected chi connectivity index (χ2v) is 9.04. The number of aliphatic hydroxyl groups excluding tert-OH is 1. The number of nitrogens with two attached hydrogens (primary N) is 1. The molecular weight excluding hydrogens is 499 g/mol. The summed E-state index contributed by atoms with van der Waals surface area (Å²) in [5.41, 5.74) is 9.04. The Balaban J connectivity index is 0.00000190.